The molecule has 9 heteroatoms. The molecule has 3 heterocycles. The van der Waals surface area contributed by atoms with Gasteiger partial charge in [0.1, 0.15) is 13.2 Å². The topological polar surface area (TPSA) is 83.5 Å². The zero-order valence-electron chi connectivity index (χ0n) is 18.1. The molecule has 0 aliphatic carbocycles. The summed E-state index contributed by atoms with van der Waals surface area (Å²) in [6, 6.07) is 14.5. The average molecular weight is 480 g/mol. The Kier molecular flexibility index (Phi) is 6.35. The van der Waals surface area contributed by atoms with Gasteiger partial charge in [0.25, 0.3) is 5.91 Å². The second-order valence-electron chi connectivity index (χ2n) is 7.44. The molecule has 0 radical (unpaired) electrons. The maximum atomic E-state index is 13.1. The standard InChI is InChI=1S/C25H21NO7S/c27-24(15-31-25(28)8-4-17-3-6-21-22(12-17)33-16-32-21)26(14-19-2-1-11-34-19)18-5-7-20-23(13-18)30-10-9-29-20/h1-8,11-13H,9-10,14-16H2. The highest BCUT2D eigenvalue weighted by Crippen LogP contribution is 2.35. The summed E-state index contributed by atoms with van der Waals surface area (Å²) in [5, 5.41) is 1.95. The maximum Gasteiger partial charge on any atom is 0.331 e. The molecule has 2 aromatic carbocycles. The normalized spacial score (nSPS) is 13.6. The van der Waals surface area contributed by atoms with Crippen molar-refractivity contribution in [2.24, 2.45) is 0 Å². The molecule has 34 heavy (non-hydrogen) atoms. The number of rotatable bonds is 7. The van der Waals surface area contributed by atoms with E-state index in [-0.39, 0.29) is 12.7 Å². The molecule has 174 valence electrons. The van der Waals surface area contributed by atoms with Crippen molar-refractivity contribution in [2.75, 3.05) is 31.5 Å². The molecule has 1 amide bonds. The van der Waals surface area contributed by atoms with Gasteiger partial charge in [0, 0.05) is 22.7 Å². The SMILES string of the molecule is O=C(C=Cc1ccc2c(c1)OCO2)OCC(=O)N(Cc1cccs1)c1ccc2c(c1)OCCO2. The lowest BCUT2D eigenvalue weighted by atomic mass is 10.2. The highest BCUT2D eigenvalue weighted by Gasteiger charge is 2.21. The van der Waals surface area contributed by atoms with E-state index in [9.17, 15) is 9.59 Å². The van der Waals surface area contributed by atoms with Crippen LogP contribution in [-0.2, 0) is 20.9 Å². The van der Waals surface area contributed by atoms with Crippen LogP contribution in [-0.4, -0.2) is 38.5 Å². The van der Waals surface area contributed by atoms with Crippen molar-refractivity contribution in [1.82, 2.24) is 0 Å². The Hall–Kier alpha value is -3.98. The fourth-order valence-electron chi connectivity index (χ4n) is 3.52. The van der Waals surface area contributed by atoms with Crippen LogP contribution in [0.25, 0.3) is 6.08 Å². The molecule has 0 spiro atoms. The highest BCUT2D eigenvalue weighted by molar-refractivity contribution is 7.09. The molecular weight excluding hydrogens is 458 g/mol. The van der Waals surface area contributed by atoms with Crippen LogP contribution in [0.3, 0.4) is 0 Å². The van der Waals surface area contributed by atoms with E-state index in [1.807, 2.05) is 17.5 Å². The number of ether oxygens (including phenoxy) is 5. The van der Waals surface area contributed by atoms with Gasteiger partial charge in [0.2, 0.25) is 6.79 Å². The third kappa shape index (κ3) is 4.99. The first-order chi connectivity index (χ1) is 16.7. The number of carbonyl (C=O) groups excluding carboxylic acids is 2. The van der Waals surface area contributed by atoms with Crippen LogP contribution in [0.1, 0.15) is 10.4 Å². The van der Waals surface area contributed by atoms with E-state index in [1.54, 1.807) is 58.7 Å². The van der Waals surface area contributed by atoms with E-state index < -0.39 is 12.6 Å². The zero-order chi connectivity index (χ0) is 23.3. The summed E-state index contributed by atoms with van der Waals surface area (Å²) in [4.78, 5) is 27.9. The number of thiophene rings is 1. The van der Waals surface area contributed by atoms with Crippen molar-refractivity contribution < 1.29 is 33.3 Å². The van der Waals surface area contributed by atoms with Gasteiger partial charge in [0.15, 0.2) is 29.6 Å². The fourth-order valence-corrected chi connectivity index (χ4v) is 4.21. The Bertz CT molecular complexity index is 1220. The summed E-state index contributed by atoms with van der Waals surface area (Å²) in [7, 11) is 0. The van der Waals surface area contributed by atoms with Crippen molar-refractivity contribution in [3.63, 3.8) is 0 Å². The second kappa shape index (κ2) is 9.88. The summed E-state index contributed by atoms with van der Waals surface area (Å²) >= 11 is 1.54. The number of nitrogens with zero attached hydrogens (tertiary/aromatic N) is 1. The molecular formula is C25H21NO7S. The van der Waals surface area contributed by atoms with Gasteiger partial charge in [0.05, 0.1) is 6.54 Å². The third-order valence-electron chi connectivity index (χ3n) is 5.18. The van der Waals surface area contributed by atoms with Crippen LogP contribution >= 0.6 is 11.3 Å². The van der Waals surface area contributed by atoms with Gasteiger partial charge in [-0.15, -0.1) is 11.3 Å². The second-order valence-corrected chi connectivity index (χ2v) is 8.47. The molecule has 0 saturated heterocycles. The smallest absolute Gasteiger partial charge is 0.331 e. The van der Waals surface area contributed by atoms with E-state index in [2.05, 4.69) is 0 Å². The molecule has 0 unspecified atom stereocenters. The van der Waals surface area contributed by atoms with Crippen molar-refractivity contribution in [3.8, 4) is 23.0 Å². The largest absolute Gasteiger partial charge is 0.486 e. The fraction of sp³-hybridized carbons (Fsp3) is 0.200. The molecule has 5 rings (SSSR count). The summed E-state index contributed by atoms with van der Waals surface area (Å²) in [6.45, 7) is 1.06. The molecule has 2 aliphatic heterocycles. The third-order valence-corrected chi connectivity index (χ3v) is 6.04. The molecule has 0 fully saturated rings. The van der Waals surface area contributed by atoms with Gasteiger partial charge in [-0.2, -0.15) is 0 Å². The van der Waals surface area contributed by atoms with Gasteiger partial charge in [-0.05, 0) is 47.4 Å². The molecule has 0 saturated carbocycles. The van der Waals surface area contributed by atoms with Crippen molar-refractivity contribution >= 4 is 35.0 Å². The number of hydrogen-bond acceptors (Lipinski definition) is 8. The van der Waals surface area contributed by atoms with E-state index in [1.165, 1.54) is 6.08 Å². The molecule has 0 bridgehead atoms. The van der Waals surface area contributed by atoms with Crippen LogP contribution in [0, 0.1) is 0 Å². The van der Waals surface area contributed by atoms with Crippen molar-refractivity contribution in [3.05, 3.63) is 70.4 Å². The van der Waals surface area contributed by atoms with E-state index in [4.69, 9.17) is 23.7 Å². The van der Waals surface area contributed by atoms with E-state index >= 15 is 0 Å². The van der Waals surface area contributed by atoms with Gasteiger partial charge in [-0.1, -0.05) is 12.1 Å². The lowest BCUT2D eigenvalue weighted by Crippen LogP contribution is -2.34. The predicted molar refractivity (Wildman–Crippen MR) is 125 cm³/mol. The minimum atomic E-state index is -0.621. The van der Waals surface area contributed by atoms with E-state index in [0.717, 1.165) is 10.4 Å². The summed E-state index contributed by atoms with van der Waals surface area (Å²) in [5.74, 6) is 1.53. The number of esters is 1. The molecule has 0 N–H and O–H groups in total. The van der Waals surface area contributed by atoms with E-state index in [0.29, 0.717) is 48.4 Å². The molecule has 3 aromatic rings. The quantitative estimate of drug-likeness (QED) is 0.374. The first kappa shape index (κ1) is 21.8. The number of hydrogen-bond donors (Lipinski definition) is 0. The first-order valence-corrected chi connectivity index (χ1v) is 11.5. The number of amides is 1. The summed E-state index contributed by atoms with van der Waals surface area (Å²) < 4.78 is 27.1. The molecule has 0 atom stereocenters. The van der Waals surface area contributed by atoms with Crippen LogP contribution < -0.4 is 23.8 Å². The number of benzene rings is 2. The zero-order valence-corrected chi connectivity index (χ0v) is 18.9. The monoisotopic (exact) mass is 479 g/mol. The van der Waals surface area contributed by atoms with Crippen LogP contribution in [0.2, 0.25) is 0 Å². The highest BCUT2D eigenvalue weighted by atomic mass is 32.1. The number of anilines is 1. The Balaban J connectivity index is 1.25. The van der Waals surface area contributed by atoms with Gasteiger partial charge in [-0.3, -0.25) is 4.79 Å². The molecule has 8 nitrogen and oxygen atoms in total. The minimum Gasteiger partial charge on any atom is -0.486 e. The van der Waals surface area contributed by atoms with Crippen LogP contribution in [0.5, 0.6) is 23.0 Å². The van der Waals surface area contributed by atoms with Gasteiger partial charge >= 0.3 is 5.97 Å². The first-order valence-electron chi connectivity index (χ1n) is 10.6. The Morgan fingerprint density at radius 1 is 0.941 bits per heavy atom. The summed E-state index contributed by atoms with van der Waals surface area (Å²) in [5.41, 5.74) is 1.39. The minimum absolute atomic E-state index is 0.179. The number of fused-ring (bicyclic) bond motifs is 2. The summed E-state index contributed by atoms with van der Waals surface area (Å²) in [6.07, 6.45) is 2.87. The molecule has 2 aliphatic rings. The Morgan fingerprint density at radius 3 is 2.56 bits per heavy atom. The Morgan fingerprint density at radius 2 is 1.71 bits per heavy atom. The lowest BCUT2D eigenvalue weighted by molar-refractivity contribution is -0.142. The van der Waals surface area contributed by atoms with Gasteiger partial charge < -0.3 is 28.6 Å². The maximum absolute atomic E-state index is 13.1. The van der Waals surface area contributed by atoms with Crippen molar-refractivity contribution in [2.45, 2.75) is 6.54 Å². The predicted octanol–water partition coefficient (Wildman–Crippen LogP) is 4.04. The molecule has 1 aromatic heterocycles. The Labute approximate surface area is 199 Å². The number of carbonyl (C=O) groups is 2. The van der Waals surface area contributed by atoms with Crippen LogP contribution in [0.15, 0.2) is 60.0 Å². The van der Waals surface area contributed by atoms with Crippen LogP contribution in [0.4, 0.5) is 5.69 Å². The van der Waals surface area contributed by atoms with Gasteiger partial charge in [-0.25, -0.2) is 4.79 Å². The lowest BCUT2D eigenvalue weighted by Gasteiger charge is -2.25. The van der Waals surface area contributed by atoms with Crippen molar-refractivity contribution in [1.29, 1.82) is 0 Å². The average Bonchev–Trinajstić information content (AvgIpc) is 3.56.